The van der Waals surface area contributed by atoms with Crippen molar-refractivity contribution in [3.05, 3.63) is 29.3 Å². The van der Waals surface area contributed by atoms with E-state index in [0.29, 0.717) is 18.5 Å². The van der Waals surface area contributed by atoms with Crippen LogP contribution in [0.15, 0.2) is 12.1 Å². The van der Waals surface area contributed by atoms with Gasteiger partial charge in [-0.1, -0.05) is 0 Å². The number of hydrogen-bond acceptors (Lipinski definition) is 3. The van der Waals surface area contributed by atoms with Gasteiger partial charge in [0.05, 0.1) is 6.04 Å². The average Bonchev–Trinajstić information content (AvgIpc) is 2.41. The zero-order valence-electron chi connectivity index (χ0n) is 11.8. The zero-order valence-corrected chi connectivity index (χ0v) is 11.8. The van der Waals surface area contributed by atoms with Gasteiger partial charge in [0.1, 0.15) is 12.4 Å². The van der Waals surface area contributed by atoms with Gasteiger partial charge in [0.15, 0.2) is 11.6 Å². The van der Waals surface area contributed by atoms with Gasteiger partial charge in [-0.3, -0.25) is 4.90 Å². The van der Waals surface area contributed by atoms with E-state index in [1.54, 1.807) is 0 Å². The van der Waals surface area contributed by atoms with Gasteiger partial charge in [0, 0.05) is 31.7 Å². The largest absolute Gasteiger partial charge is 0.465 e. The molecular formula is C14H16F2N2O3. The number of carbonyl (C=O) groups excluding carboxylic acids is 1. The standard InChI is InChI=1S/C14H16F2N2O3/c1-3-18-13(19)17-11-6-14(18,7-20-2)21-12-5-10(16)9(15)4-8(11)12/h4-5,11H,3,6-7H2,1-2H3,(H,17,19). The summed E-state index contributed by atoms with van der Waals surface area (Å²) in [6.07, 6.45) is 0.415. The molecule has 0 aromatic heterocycles. The predicted molar refractivity (Wildman–Crippen MR) is 69.9 cm³/mol. The van der Waals surface area contributed by atoms with Crippen molar-refractivity contribution < 1.29 is 23.0 Å². The van der Waals surface area contributed by atoms with E-state index in [-0.39, 0.29) is 18.4 Å². The fourth-order valence-electron chi connectivity index (χ4n) is 3.11. The molecule has 1 fully saturated rings. The minimum Gasteiger partial charge on any atom is -0.465 e. The van der Waals surface area contributed by atoms with Crippen molar-refractivity contribution in [2.75, 3.05) is 20.3 Å². The maximum atomic E-state index is 13.5. The highest BCUT2D eigenvalue weighted by Crippen LogP contribution is 2.44. The van der Waals surface area contributed by atoms with Crippen LogP contribution in [0.2, 0.25) is 0 Å². The van der Waals surface area contributed by atoms with Gasteiger partial charge in [0.2, 0.25) is 5.72 Å². The van der Waals surface area contributed by atoms with Crippen molar-refractivity contribution in [2.45, 2.75) is 25.1 Å². The van der Waals surface area contributed by atoms with Crippen molar-refractivity contribution in [3.63, 3.8) is 0 Å². The maximum absolute atomic E-state index is 13.5. The maximum Gasteiger partial charge on any atom is 0.321 e. The molecule has 1 aromatic carbocycles. The highest BCUT2D eigenvalue weighted by molar-refractivity contribution is 5.77. The van der Waals surface area contributed by atoms with E-state index in [0.717, 1.165) is 12.1 Å². The second kappa shape index (κ2) is 4.84. The Hall–Kier alpha value is -1.89. The fraction of sp³-hybridized carbons (Fsp3) is 0.500. The molecule has 21 heavy (non-hydrogen) atoms. The first kappa shape index (κ1) is 14.1. The summed E-state index contributed by atoms with van der Waals surface area (Å²) in [6.45, 7) is 2.39. The van der Waals surface area contributed by atoms with Crippen LogP contribution in [0, 0.1) is 11.6 Å². The summed E-state index contributed by atoms with van der Waals surface area (Å²) in [5.74, 6) is -1.69. The lowest BCUT2D eigenvalue weighted by Gasteiger charge is -2.51. The van der Waals surface area contributed by atoms with Crippen LogP contribution in [0.4, 0.5) is 13.6 Å². The lowest BCUT2D eigenvalue weighted by molar-refractivity contribution is -0.133. The molecule has 2 bridgehead atoms. The molecule has 2 aliphatic rings. The highest BCUT2D eigenvalue weighted by Gasteiger charge is 2.52. The number of fused-ring (bicyclic) bond motifs is 4. The molecule has 2 atom stereocenters. The quantitative estimate of drug-likeness (QED) is 0.930. The molecule has 2 unspecified atom stereocenters. The molecule has 0 spiro atoms. The van der Waals surface area contributed by atoms with E-state index in [1.807, 2.05) is 6.92 Å². The summed E-state index contributed by atoms with van der Waals surface area (Å²) < 4.78 is 38.0. The molecule has 2 amide bonds. The molecule has 2 aliphatic heterocycles. The first-order valence-electron chi connectivity index (χ1n) is 6.76. The minimum atomic E-state index is -0.992. The summed E-state index contributed by atoms with van der Waals surface area (Å²) in [6, 6.07) is 1.37. The van der Waals surface area contributed by atoms with Gasteiger partial charge >= 0.3 is 6.03 Å². The number of carbonyl (C=O) groups is 1. The first-order valence-corrected chi connectivity index (χ1v) is 6.76. The Balaban J connectivity index is 2.10. The van der Waals surface area contributed by atoms with Crippen molar-refractivity contribution in [1.82, 2.24) is 10.2 Å². The molecule has 5 nitrogen and oxygen atoms in total. The smallest absolute Gasteiger partial charge is 0.321 e. The van der Waals surface area contributed by atoms with Crippen molar-refractivity contribution in [3.8, 4) is 5.75 Å². The third-order valence-corrected chi connectivity index (χ3v) is 3.97. The number of benzene rings is 1. The lowest BCUT2D eigenvalue weighted by Crippen LogP contribution is -2.67. The van der Waals surface area contributed by atoms with Crippen LogP contribution in [0.1, 0.15) is 24.9 Å². The summed E-state index contributed by atoms with van der Waals surface area (Å²) in [7, 11) is 1.51. The Labute approximate surface area is 120 Å². The van der Waals surface area contributed by atoms with Crippen LogP contribution in [0.3, 0.4) is 0 Å². The second-order valence-electron chi connectivity index (χ2n) is 5.24. The van der Waals surface area contributed by atoms with E-state index in [9.17, 15) is 13.6 Å². The molecule has 114 valence electrons. The summed E-state index contributed by atoms with van der Waals surface area (Å²) >= 11 is 0. The molecule has 2 heterocycles. The van der Waals surface area contributed by atoms with Gasteiger partial charge in [0.25, 0.3) is 0 Å². The molecule has 1 saturated heterocycles. The van der Waals surface area contributed by atoms with E-state index in [4.69, 9.17) is 9.47 Å². The van der Waals surface area contributed by atoms with Crippen LogP contribution < -0.4 is 10.1 Å². The molecule has 3 rings (SSSR count). The summed E-state index contributed by atoms with van der Waals surface area (Å²) in [4.78, 5) is 13.7. The van der Waals surface area contributed by atoms with Gasteiger partial charge in [-0.05, 0) is 13.0 Å². The van der Waals surface area contributed by atoms with Crippen LogP contribution in [-0.2, 0) is 4.74 Å². The molecule has 7 heteroatoms. The first-order chi connectivity index (χ1) is 10.0. The number of methoxy groups -OCH3 is 1. The highest BCUT2D eigenvalue weighted by atomic mass is 19.2. The Morgan fingerprint density at radius 2 is 2.19 bits per heavy atom. The van der Waals surface area contributed by atoms with Crippen LogP contribution in [-0.4, -0.2) is 36.9 Å². The number of ether oxygens (including phenoxy) is 2. The number of halogens is 2. The molecule has 1 aromatic rings. The Morgan fingerprint density at radius 3 is 2.86 bits per heavy atom. The van der Waals surface area contributed by atoms with Crippen LogP contribution in [0.25, 0.3) is 0 Å². The van der Waals surface area contributed by atoms with Crippen molar-refractivity contribution in [2.24, 2.45) is 0 Å². The van der Waals surface area contributed by atoms with E-state index in [2.05, 4.69) is 5.32 Å². The number of urea groups is 1. The molecule has 0 aliphatic carbocycles. The third kappa shape index (κ3) is 2.03. The predicted octanol–water partition coefficient (Wildman–Crippen LogP) is 2.18. The number of rotatable bonds is 3. The minimum absolute atomic E-state index is 0.156. The normalized spacial score (nSPS) is 27.0. The number of nitrogens with one attached hydrogen (secondary N) is 1. The Kier molecular flexibility index (Phi) is 3.24. The summed E-state index contributed by atoms with van der Waals surface area (Å²) in [5.41, 5.74) is -0.543. The number of amides is 2. The fourth-order valence-corrected chi connectivity index (χ4v) is 3.11. The third-order valence-electron chi connectivity index (χ3n) is 3.97. The number of likely N-dealkylation sites (N-methyl/N-ethyl adjacent to an activating group) is 1. The van der Waals surface area contributed by atoms with Gasteiger partial charge in [-0.25, -0.2) is 13.6 Å². The molecule has 0 radical (unpaired) electrons. The Bertz CT molecular complexity index is 596. The number of nitrogens with zero attached hydrogens (tertiary/aromatic N) is 1. The molecule has 0 saturated carbocycles. The average molecular weight is 298 g/mol. The number of hydrogen-bond donors (Lipinski definition) is 1. The van der Waals surface area contributed by atoms with Crippen LogP contribution in [0.5, 0.6) is 5.75 Å². The summed E-state index contributed by atoms with van der Waals surface area (Å²) in [5, 5.41) is 2.80. The van der Waals surface area contributed by atoms with Gasteiger partial charge in [-0.2, -0.15) is 0 Å². The molecular weight excluding hydrogens is 282 g/mol. The topological polar surface area (TPSA) is 50.8 Å². The monoisotopic (exact) mass is 298 g/mol. The molecule has 1 N–H and O–H groups in total. The van der Waals surface area contributed by atoms with E-state index in [1.165, 1.54) is 12.0 Å². The van der Waals surface area contributed by atoms with Crippen molar-refractivity contribution >= 4 is 6.03 Å². The van der Waals surface area contributed by atoms with Gasteiger partial charge < -0.3 is 14.8 Å². The SMILES string of the molecule is CCN1C(=O)NC2CC1(COC)Oc1cc(F)c(F)cc12. The van der Waals surface area contributed by atoms with E-state index >= 15 is 0 Å². The van der Waals surface area contributed by atoms with Crippen molar-refractivity contribution in [1.29, 1.82) is 0 Å². The Morgan fingerprint density at radius 1 is 1.48 bits per heavy atom. The zero-order chi connectivity index (χ0) is 15.2. The van der Waals surface area contributed by atoms with Crippen LogP contribution >= 0.6 is 0 Å². The van der Waals surface area contributed by atoms with E-state index < -0.39 is 23.4 Å². The lowest BCUT2D eigenvalue weighted by atomic mass is 9.89. The second-order valence-corrected chi connectivity index (χ2v) is 5.24. The van der Waals surface area contributed by atoms with Gasteiger partial charge in [-0.15, -0.1) is 0 Å².